The van der Waals surface area contributed by atoms with Crippen LogP contribution in [0.1, 0.15) is 36.2 Å². The summed E-state index contributed by atoms with van der Waals surface area (Å²) in [5, 5.41) is 9.62. The van der Waals surface area contributed by atoms with Crippen molar-refractivity contribution in [1.29, 1.82) is 0 Å². The number of carbonyl (C=O) groups excluding carboxylic acids is 1. The molecule has 0 fully saturated rings. The first kappa shape index (κ1) is 25.3. The zero-order valence-electron chi connectivity index (χ0n) is 20.9. The minimum atomic E-state index is -0.0151. The number of nitrogens with one attached hydrogen (secondary N) is 3. The van der Waals surface area contributed by atoms with E-state index in [4.69, 9.17) is 4.98 Å². The number of carbonyl (C=O) groups is 1. The van der Waals surface area contributed by atoms with E-state index in [9.17, 15) is 4.79 Å². The molecule has 0 radical (unpaired) electrons. The second kappa shape index (κ2) is 12.3. The van der Waals surface area contributed by atoms with Gasteiger partial charge in [-0.15, -0.1) is 0 Å². The van der Waals surface area contributed by atoms with Crippen molar-refractivity contribution in [1.82, 2.24) is 30.2 Å². The van der Waals surface area contributed by atoms with Gasteiger partial charge in [0.2, 0.25) is 0 Å². The molecule has 0 unspecified atom stereocenters. The van der Waals surface area contributed by atoms with Crippen LogP contribution in [0.2, 0.25) is 0 Å². The third kappa shape index (κ3) is 6.27. The van der Waals surface area contributed by atoms with E-state index in [0.717, 1.165) is 72.1 Å². The van der Waals surface area contributed by atoms with E-state index in [1.807, 2.05) is 25.2 Å². The summed E-state index contributed by atoms with van der Waals surface area (Å²) in [6, 6.07) is 14.5. The smallest absolute Gasteiger partial charge is 0.251 e. The lowest BCUT2D eigenvalue weighted by Gasteiger charge is -2.17. The molecule has 0 aliphatic carbocycles. The van der Waals surface area contributed by atoms with E-state index in [-0.39, 0.29) is 5.91 Å². The number of imidazole rings is 1. The third-order valence-electron chi connectivity index (χ3n) is 6.32. The van der Waals surface area contributed by atoms with Crippen molar-refractivity contribution >= 4 is 32.4 Å². The van der Waals surface area contributed by atoms with E-state index >= 15 is 0 Å². The summed E-state index contributed by atoms with van der Waals surface area (Å²) in [5.41, 5.74) is 5.10. The van der Waals surface area contributed by atoms with Crippen molar-refractivity contribution in [2.45, 2.75) is 26.8 Å². The molecule has 0 saturated carbocycles. The molecule has 0 spiro atoms. The van der Waals surface area contributed by atoms with Crippen LogP contribution in [-0.4, -0.2) is 66.5 Å². The molecule has 2 aromatic carbocycles. The maximum Gasteiger partial charge on any atom is 0.251 e. The first-order chi connectivity index (χ1) is 17.1. The number of amides is 1. The number of thiazole rings is 1. The molecular formula is C27H36N6OS. The average molecular weight is 493 g/mol. The molecule has 4 aromatic rings. The lowest BCUT2D eigenvalue weighted by atomic mass is 10.1. The van der Waals surface area contributed by atoms with Crippen molar-refractivity contribution in [3.63, 3.8) is 0 Å². The van der Waals surface area contributed by atoms with Crippen LogP contribution in [0, 0.1) is 0 Å². The Balaban J connectivity index is 1.40. The SMILES string of the molecule is CCN(CC)CCCNC(=O)c1ccc2c(c1)sc1nc(-c3ccc(CNCCNC)cc3)cn12. The molecule has 0 aliphatic rings. The number of fused-ring (bicyclic) bond motifs is 3. The minimum absolute atomic E-state index is 0.0151. The van der Waals surface area contributed by atoms with Crippen molar-refractivity contribution in [3.8, 4) is 11.3 Å². The highest BCUT2D eigenvalue weighted by Gasteiger charge is 2.13. The topological polar surface area (TPSA) is 73.7 Å². The van der Waals surface area contributed by atoms with Crippen LogP contribution in [0.25, 0.3) is 26.4 Å². The summed E-state index contributed by atoms with van der Waals surface area (Å²) in [6.45, 7) is 10.9. The number of likely N-dealkylation sites (N-methyl/N-ethyl adjacent to an activating group) is 1. The van der Waals surface area contributed by atoms with E-state index in [1.165, 1.54) is 5.56 Å². The van der Waals surface area contributed by atoms with Gasteiger partial charge in [0.15, 0.2) is 4.96 Å². The van der Waals surface area contributed by atoms with Gasteiger partial charge in [-0.05, 0) is 56.9 Å². The molecular weight excluding hydrogens is 456 g/mol. The van der Waals surface area contributed by atoms with Crippen LogP contribution in [0.4, 0.5) is 0 Å². The first-order valence-corrected chi connectivity index (χ1v) is 13.3. The van der Waals surface area contributed by atoms with Crippen molar-refractivity contribution in [2.75, 3.05) is 46.3 Å². The number of nitrogens with zero attached hydrogens (tertiary/aromatic N) is 3. The fourth-order valence-electron chi connectivity index (χ4n) is 4.17. The summed E-state index contributed by atoms with van der Waals surface area (Å²) < 4.78 is 3.19. The number of hydrogen-bond donors (Lipinski definition) is 3. The lowest BCUT2D eigenvalue weighted by Crippen LogP contribution is -2.29. The summed E-state index contributed by atoms with van der Waals surface area (Å²) in [6.07, 6.45) is 3.04. The normalized spacial score (nSPS) is 11.7. The van der Waals surface area contributed by atoms with Gasteiger partial charge in [-0.25, -0.2) is 4.98 Å². The molecule has 1 amide bonds. The van der Waals surface area contributed by atoms with Gasteiger partial charge in [0.05, 0.1) is 15.9 Å². The maximum absolute atomic E-state index is 12.6. The molecule has 35 heavy (non-hydrogen) atoms. The van der Waals surface area contributed by atoms with Crippen LogP contribution in [0.15, 0.2) is 48.7 Å². The molecule has 2 aromatic heterocycles. The van der Waals surface area contributed by atoms with Crippen LogP contribution >= 0.6 is 11.3 Å². The molecule has 4 rings (SSSR count). The van der Waals surface area contributed by atoms with Crippen molar-refractivity contribution in [2.24, 2.45) is 0 Å². The van der Waals surface area contributed by atoms with E-state index in [0.29, 0.717) is 12.1 Å². The van der Waals surface area contributed by atoms with Crippen molar-refractivity contribution < 1.29 is 4.79 Å². The standard InChI is InChI=1S/C27H36N6OS/c1-4-32(5-2)16-6-13-30-26(34)22-11-12-24-25(17-22)35-27-31-23(19-33(24)27)21-9-7-20(8-10-21)18-29-15-14-28-3/h7-12,17,19,28-29H,4-6,13-16,18H2,1-3H3,(H,30,34). The summed E-state index contributed by atoms with van der Waals surface area (Å²) in [5.74, 6) is -0.0151. The molecule has 0 aliphatic heterocycles. The van der Waals surface area contributed by atoms with Gasteiger partial charge in [-0.1, -0.05) is 49.4 Å². The predicted molar refractivity (Wildman–Crippen MR) is 146 cm³/mol. The number of benzene rings is 2. The Morgan fingerprint density at radius 2 is 1.86 bits per heavy atom. The molecule has 186 valence electrons. The zero-order chi connectivity index (χ0) is 24.6. The number of hydrogen-bond acceptors (Lipinski definition) is 6. The summed E-state index contributed by atoms with van der Waals surface area (Å²) in [7, 11) is 1.96. The molecule has 7 nitrogen and oxygen atoms in total. The molecule has 3 N–H and O–H groups in total. The predicted octanol–water partition coefficient (Wildman–Crippen LogP) is 3.99. The van der Waals surface area contributed by atoms with Crippen LogP contribution < -0.4 is 16.0 Å². The molecule has 0 atom stereocenters. The van der Waals surface area contributed by atoms with Gasteiger partial charge >= 0.3 is 0 Å². The monoisotopic (exact) mass is 492 g/mol. The van der Waals surface area contributed by atoms with Crippen LogP contribution in [0.3, 0.4) is 0 Å². The number of rotatable bonds is 13. The van der Waals surface area contributed by atoms with Crippen LogP contribution in [-0.2, 0) is 6.54 Å². The summed E-state index contributed by atoms with van der Waals surface area (Å²) in [4.78, 5) is 20.8. The highest BCUT2D eigenvalue weighted by Crippen LogP contribution is 2.30. The van der Waals surface area contributed by atoms with E-state index < -0.39 is 0 Å². The van der Waals surface area contributed by atoms with Crippen molar-refractivity contribution in [3.05, 3.63) is 59.8 Å². The summed E-state index contributed by atoms with van der Waals surface area (Å²) >= 11 is 1.62. The van der Waals surface area contributed by atoms with Gasteiger partial charge in [0, 0.05) is 43.5 Å². The Kier molecular flexibility index (Phi) is 8.87. The lowest BCUT2D eigenvalue weighted by molar-refractivity contribution is 0.0952. The Morgan fingerprint density at radius 3 is 2.60 bits per heavy atom. The number of aromatic nitrogens is 2. The average Bonchev–Trinajstić information content (AvgIpc) is 3.45. The van der Waals surface area contributed by atoms with Gasteiger partial charge in [0.1, 0.15) is 0 Å². The second-order valence-electron chi connectivity index (χ2n) is 8.68. The van der Waals surface area contributed by atoms with Gasteiger partial charge in [-0.2, -0.15) is 0 Å². The Morgan fingerprint density at radius 1 is 1.06 bits per heavy atom. The van der Waals surface area contributed by atoms with E-state index in [2.05, 4.69) is 69.6 Å². The Labute approximate surface area is 211 Å². The van der Waals surface area contributed by atoms with Gasteiger partial charge < -0.3 is 20.9 Å². The van der Waals surface area contributed by atoms with Crippen LogP contribution in [0.5, 0.6) is 0 Å². The molecule has 0 saturated heterocycles. The van der Waals surface area contributed by atoms with Gasteiger partial charge in [-0.3, -0.25) is 9.20 Å². The Bertz CT molecular complexity index is 1240. The fraction of sp³-hybridized carbons (Fsp3) is 0.407. The largest absolute Gasteiger partial charge is 0.352 e. The maximum atomic E-state index is 12.6. The zero-order valence-corrected chi connectivity index (χ0v) is 21.8. The third-order valence-corrected chi connectivity index (χ3v) is 7.34. The Hall–Kier alpha value is -2.78. The highest BCUT2D eigenvalue weighted by molar-refractivity contribution is 7.23. The fourth-order valence-corrected chi connectivity index (χ4v) is 5.21. The molecule has 0 bridgehead atoms. The van der Waals surface area contributed by atoms with E-state index in [1.54, 1.807) is 11.3 Å². The second-order valence-corrected chi connectivity index (χ2v) is 9.69. The first-order valence-electron chi connectivity index (χ1n) is 12.5. The minimum Gasteiger partial charge on any atom is -0.352 e. The van der Waals surface area contributed by atoms with Gasteiger partial charge in [0.25, 0.3) is 5.91 Å². The molecule has 8 heteroatoms. The molecule has 2 heterocycles. The highest BCUT2D eigenvalue weighted by atomic mass is 32.1. The quantitative estimate of drug-likeness (QED) is 0.246.